The maximum Gasteiger partial charge on any atom is 0.337 e. The van der Waals surface area contributed by atoms with Crippen LogP contribution >= 0.6 is 0 Å². The molecule has 2 atom stereocenters. The number of nitrogens with one attached hydrogen (secondary N) is 3. The first-order valence-corrected chi connectivity index (χ1v) is 9.44. The zero-order valence-electron chi connectivity index (χ0n) is 16.2. The molecule has 3 N–H and O–H groups in total. The normalized spacial score (nSPS) is 21.7. The number of allylic oxidation sites excluding steroid dienone is 3. The Morgan fingerprint density at radius 3 is 2.82 bits per heavy atom. The number of hydrogen-bond acceptors (Lipinski definition) is 4. The van der Waals surface area contributed by atoms with Gasteiger partial charge in [-0.15, -0.1) is 0 Å². The summed E-state index contributed by atoms with van der Waals surface area (Å²) in [5.74, 6) is -0.218. The van der Waals surface area contributed by atoms with Crippen LogP contribution in [0.3, 0.4) is 0 Å². The molecule has 0 spiro atoms. The number of rotatable bonds is 3. The number of nitrogens with zero attached hydrogens (tertiary/aromatic N) is 2. The fourth-order valence-corrected chi connectivity index (χ4v) is 4.23. The van der Waals surface area contributed by atoms with Crippen molar-refractivity contribution in [3.05, 3.63) is 64.9 Å². The van der Waals surface area contributed by atoms with Gasteiger partial charge in [-0.1, -0.05) is 12.1 Å². The van der Waals surface area contributed by atoms with Gasteiger partial charge in [0.25, 0.3) is 5.82 Å². The number of Topliss-reactive ketones (excluding diaryl/α,β-unsaturated/α-hetero) is 1. The summed E-state index contributed by atoms with van der Waals surface area (Å²) in [6.45, 7) is 3.81. The predicted molar refractivity (Wildman–Crippen MR) is 104 cm³/mol. The molecule has 2 aliphatic rings. The monoisotopic (exact) mass is 378 g/mol. The molecule has 0 aromatic carbocycles. The zero-order valence-corrected chi connectivity index (χ0v) is 16.2. The summed E-state index contributed by atoms with van der Waals surface area (Å²) in [7, 11) is 1.85. The van der Waals surface area contributed by atoms with Gasteiger partial charge in [0.05, 0.1) is 23.4 Å². The van der Waals surface area contributed by atoms with E-state index in [9.17, 15) is 9.59 Å². The minimum Gasteiger partial charge on any atom is -0.362 e. The third-order valence-electron chi connectivity index (χ3n) is 5.41. The number of aromatic nitrogens is 3. The highest BCUT2D eigenvalue weighted by molar-refractivity contribution is 6.06. The fourth-order valence-electron chi connectivity index (χ4n) is 4.23. The van der Waals surface area contributed by atoms with E-state index >= 15 is 0 Å². The lowest BCUT2D eigenvalue weighted by molar-refractivity contribution is -0.360. The lowest BCUT2D eigenvalue weighted by Crippen LogP contribution is -2.41. The second kappa shape index (κ2) is 7.07. The van der Waals surface area contributed by atoms with Crippen LogP contribution in [0.2, 0.25) is 0 Å². The van der Waals surface area contributed by atoms with Gasteiger partial charge < -0.3 is 5.32 Å². The Balaban J connectivity index is 1.82. The van der Waals surface area contributed by atoms with Gasteiger partial charge in [0.2, 0.25) is 0 Å². The van der Waals surface area contributed by atoms with Crippen molar-refractivity contribution >= 4 is 17.5 Å². The molecule has 7 heteroatoms. The SMILES string of the molecule is CC1=C(C(=O)Nc2cccc[nH+]2)C(c2cn(C)nc2C)C2C(=O)CCC=C2N1. The third-order valence-corrected chi connectivity index (χ3v) is 5.41. The van der Waals surface area contributed by atoms with E-state index in [2.05, 4.69) is 26.8 Å². The highest BCUT2D eigenvalue weighted by atomic mass is 16.2. The molecule has 0 saturated heterocycles. The van der Waals surface area contributed by atoms with Crippen molar-refractivity contribution < 1.29 is 14.6 Å². The summed E-state index contributed by atoms with van der Waals surface area (Å²) in [5, 5.41) is 10.7. The summed E-state index contributed by atoms with van der Waals surface area (Å²) < 4.78 is 1.74. The van der Waals surface area contributed by atoms with Crippen LogP contribution in [0.1, 0.15) is 36.9 Å². The predicted octanol–water partition coefficient (Wildman–Crippen LogP) is 2.01. The number of carbonyl (C=O) groups excluding carboxylic acids is 2. The van der Waals surface area contributed by atoms with Gasteiger partial charge in [-0.2, -0.15) is 5.10 Å². The topological polar surface area (TPSA) is 90.2 Å². The molecule has 2 aromatic rings. The van der Waals surface area contributed by atoms with Gasteiger partial charge in [0.1, 0.15) is 5.78 Å². The van der Waals surface area contributed by atoms with E-state index in [0.29, 0.717) is 17.8 Å². The molecular formula is C21H24N5O2+. The smallest absolute Gasteiger partial charge is 0.337 e. The van der Waals surface area contributed by atoms with Crippen molar-refractivity contribution in [1.29, 1.82) is 0 Å². The number of fused-ring (bicyclic) bond motifs is 1. The van der Waals surface area contributed by atoms with Gasteiger partial charge in [-0.25, -0.2) is 15.1 Å². The van der Waals surface area contributed by atoms with E-state index in [-0.39, 0.29) is 23.5 Å². The third kappa shape index (κ3) is 3.13. The molecule has 1 amide bonds. The number of amides is 1. The molecule has 0 fully saturated rings. The van der Waals surface area contributed by atoms with Gasteiger partial charge in [0, 0.05) is 48.6 Å². The average molecular weight is 378 g/mol. The summed E-state index contributed by atoms with van der Waals surface area (Å²) in [6, 6.07) is 5.49. The van der Waals surface area contributed by atoms with E-state index in [0.717, 1.165) is 29.1 Å². The molecule has 2 aromatic heterocycles. The van der Waals surface area contributed by atoms with Crippen LogP contribution in [-0.2, 0) is 16.6 Å². The lowest BCUT2D eigenvalue weighted by atomic mass is 9.71. The molecule has 144 valence electrons. The molecular weight excluding hydrogens is 354 g/mol. The first kappa shape index (κ1) is 18.2. The number of ketones is 1. The van der Waals surface area contributed by atoms with Crippen molar-refractivity contribution in [3.63, 3.8) is 0 Å². The van der Waals surface area contributed by atoms with Crippen LogP contribution in [0.4, 0.5) is 5.82 Å². The second-order valence-electron chi connectivity index (χ2n) is 7.36. The summed E-state index contributed by atoms with van der Waals surface area (Å²) in [5.41, 5.74) is 3.97. The maximum atomic E-state index is 13.3. The zero-order chi connectivity index (χ0) is 19.8. The van der Waals surface area contributed by atoms with Crippen LogP contribution < -0.4 is 15.6 Å². The number of pyridine rings is 1. The Labute approximate surface area is 163 Å². The van der Waals surface area contributed by atoms with E-state index in [1.165, 1.54) is 0 Å². The molecule has 1 aliphatic carbocycles. The average Bonchev–Trinajstić information content (AvgIpc) is 2.99. The Kier molecular flexibility index (Phi) is 4.58. The lowest BCUT2D eigenvalue weighted by Gasteiger charge is -2.37. The fraction of sp³-hybridized carbons (Fsp3) is 0.333. The van der Waals surface area contributed by atoms with Gasteiger partial charge in [-0.05, 0) is 26.3 Å². The highest BCUT2D eigenvalue weighted by Crippen LogP contribution is 2.44. The molecule has 0 bridgehead atoms. The molecule has 3 heterocycles. The molecule has 4 rings (SSSR count). The van der Waals surface area contributed by atoms with Crippen LogP contribution in [-0.4, -0.2) is 21.5 Å². The van der Waals surface area contributed by atoms with Crippen LogP contribution in [0.5, 0.6) is 0 Å². The Hall–Kier alpha value is -3.22. The van der Waals surface area contributed by atoms with E-state index in [4.69, 9.17) is 0 Å². The van der Waals surface area contributed by atoms with Crippen LogP contribution in [0.15, 0.2) is 53.6 Å². The van der Waals surface area contributed by atoms with Crippen molar-refractivity contribution in [2.75, 3.05) is 5.32 Å². The second-order valence-corrected chi connectivity index (χ2v) is 7.36. The number of H-pyrrole nitrogens is 1. The number of aromatic amines is 1. The maximum absolute atomic E-state index is 13.3. The largest absolute Gasteiger partial charge is 0.362 e. The summed E-state index contributed by atoms with van der Waals surface area (Å²) in [4.78, 5) is 29.2. The molecule has 0 radical (unpaired) electrons. The quantitative estimate of drug-likeness (QED) is 0.855. The van der Waals surface area contributed by atoms with E-state index < -0.39 is 0 Å². The van der Waals surface area contributed by atoms with E-state index in [1.54, 1.807) is 16.9 Å². The molecule has 28 heavy (non-hydrogen) atoms. The number of aryl methyl sites for hydroxylation is 2. The van der Waals surface area contributed by atoms with Crippen molar-refractivity contribution in [2.24, 2.45) is 13.0 Å². The van der Waals surface area contributed by atoms with Crippen LogP contribution in [0.25, 0.3) is 0 Å². The minimum absolute atomic E-state index is 0.155. The van der Waals surface area contributed by atoms with Gasteiger partial charge >= 0.3 is 5.91 Å². The van der Waals surface area contributed by atoms with E-state index in [1.807, 2.05) is 39.2 Å². The Morgan fingerprint density at radius 2 is 2.14 bits per heavy atom. The molecule has 7 nitrogen and oxygen atoms in total. The first-order valence-electron chi connectivity index (χ1n) is 9.44. The van der Waals surface area contributed by atoms with Crippen molar-refractivity contribution in [1.82, 2.24) is 15.1 Å². The highest BCUT2D eigenvalue weighted by Gasteiger charge is 2.45. The number of carbonyl (C=O) groups is 2. The summed E-state index contributed by atoms with van der Waals surface area (Å²) in [6.07, 6.45) is 6.97. The van der Waals surface area contributed by atoms with Crippen molar-refractivity contribution in [3.8, 4) is 0 Å². The molecule has 0 saturated carbocycles. The summed E-state index contributed by atoms with van der Waals surface area (Å²) >= 11 is 0. The molecule has 2 unspecified atom stereocenters. The first-order chi connectivity index (χ1) is 13.5. The standard InChI is InChI=1S/C21H23N5O2/c1-12-14(11-26(3)25-12)19-18(21(28)24-17-9-4-5-10-22-17)13(2)23-15-7-6-8-16(27)20(15)19/h4-5,7,9-11,19-20,23H,6,8H2,1-3H3,(H,22,24,28)/p+1. The minimum atomic E-state index is -0.388. The van der Waals surface area contributed by atoms with Gasteiger partial charge in [-0.3, -0.25) is 9.48 Å². The van der Waals surface area contributed by atoms with Crippen molar-refractivity contribution in [2.45, 2.75) is 32.6 Å². The van der Waals surface area contributed by atoms with Crippen LogP contribution in [0, 0.1) is 12.8 Å². The number of anilines is 1. The molecule has 1 aliphatic heterocycles. The van der Waals surface area contributed by atoms with Gasteiger partial charge in [0.15, 0.2) is 0 Å². The Bertz CT molecular complexity index is 1000. The number of hydrogen-bond donors (Lipinski definition) is 2. The Morgan fingerprint density at radius 1 is 1.32 bits per heavy atom.